The predicted molar refractivity (Wildman–Crippen MR) is 98.5 cm³/mol. The van der Waals surface area contributed by atoms with Gasteiger partial charge >= 0.3 is 6.09 Å². The molecule has 2 aromatic rings. The average molecular weight is 361 g/mol. The Morgan fingerprint density at radius 3 is 2.64 bits per heavy atom. The largest absolute Gasteiger partial charge is 0.490 e. The van der Waals surface area contributed by atoms with Crippen LogP contribution in [0.25, 0.3) is 0 Å². The lowest BCUT2D eigenvalue weighted by atomic mass is 10.2. The predicted octanol–water partition coefficient (Wildman–Crippen LogP) is 3.96. The third kappa shape index (κ3) is 5.03. The van der Waals surface area contributed by atoms with Crippen LogP contribution in [-0.2, 0) is 4.74 Å². The molecule has 3 rings (SSSR count). The zero-order valence-corrected chi connectivity index (χ0v) is 14.8. The third-order valence-electron chi connectivity index (χ3n) is 3.96. The molecule has 1 heterocycles. The van der Waals surface area contributed by atoms with Gasteiger partial charge < -0.3 is 19.7 Å². The molecule has 1 amide bonds. The molecule has 1 fully saturated rings. The molecule has 0 unspecified atom stereocenters. The number of carbonyl (C=O) groups excluding carboxylic acids is 1. The molecular formula is C19H21ClN2O3. The van der Waals surface area contributed by atoms with Gasteiger partial charge in [0.1, 0.15) is 12.4 Å². The fourth-order valence-corrected chi connectivity index (χ4v) is 2.70. The van der Waals surface area contributed by atoms with Crippen molar-refractivity contribution >= 4 is 23.4 Å². The number of anilines is 1. The monoisotopic (exact) mass is 360 g/mol. The van der Waals surface area contributed by atoms with E-state index < -0.39 is 0 Å². The Kier molecular flexibility index (Phi) is 5.66. The maximum Gasteiger partial charge on any atom is 0.410 e. The first-order valence-corrected chi connectivity index (χ1v) is 8.62. The van der Waals surface area contributed by atoms with Crippen LogP contribution in [0, 0.1) is 6.92 Å². The molecule has 25 heavy (non-hydrogen) atoms. The van der Waals surface area contributed by atoms with Gasteiger partial charge in [-0.05, 0) is 43.3 Å². The van der Waals surface area contributed by atoms with Gasteiger partial charge in [0.05, 0.1) is 6.54 Å². The Morgan fingerprint density at radius 1 is 1.20 bits per heavy atom. The average Bonchev–Trinajstić information content (AvgIpc) is 2.96. The summed E-state index contributed by atoms with van der Waals surface area (Å²) < 4.78 is 11.0. The van der Waals surface area contributed by atoms with E-state index in [0.29, 0.717) is 31.3 Å². The summed E-state index contributed by atoms with van der Waals surface area (Å²) in [5.74, 6) is 0.782. The first-order chi connectivity index (χ1) is 12.1. The standard InChI is InChI=1S/C19H21ClN2O3/c1-14-2-8-17(9-3-14)24-13-18-12-22(19(23)25-18)11-10-21-16-6-4-15(20)5-7-16/h2-9,18,21H,10-13H2,1H3/t18-/m0/s1. The second kappa shape index (κ2) is 8.12. The number of hydrogen-bond donors (Lipinski definition) is 1. The molecule has 1 atom stereocenters. The fourth-order valence-electron chi connectivity index (χ4n) is 2.57. The van der Waals surface area contributed by atoms with E-state index in [1.165, 1.54) is 5.56 Å². The molecule has 6 heteroatoms. The van der Waals surface area contributed by atoms with Crippen LogP contribution < -0.4 is 10.1 Å². The van der Waals surface area contributed by atoms with Gasteiger partial charge in [-0.15, -0.1) is 0 Å². The Hall–Kier alpha value is -2.40. The zero-order valence-electron chi connectivity index (χ0n) is 14.1. The molecule has 0 aromatic heterocycles. The van der Waals surface area contributed by atoms with E-state index in [4.69, 9.17) is 21.1 Å². The lowest BCUT2D eigenvalue weighted by Crippen LogP contribution is -2.31. The number of amides is 1. The highest BCUT2D eigenvalue weighted by Gasteiger charge is 2.31. The zero-order chi connectivity index (χ0) is 17.6. The molecule has 132 valence electrons. The minimum Gasteiger partial charge on any atom is -0.490 e. The maximum atomic E-state index is 11.9. The van der Waals surface area contributed by atoms with E-state index in [9.17, 15) is 4.79 Å². The molecule has 2 aromatic carbocycles. The van der Waals surface area contributed by atoms with Crippen LogP contribution in [0.3, 0.4) is 0 Å². The minimum absolute atomic E-state index is 0.246. The molecular weight excluding hydrogens is 340 g/mol. The van der Waals surface area contributed by atoms with Gasteiger partial charge in [-0.3, -0.25) is 0 Å². The molecule has 0 radical (unpaired) electrons. The summed E-state index contributed by atoms with van der Waals surface area (Å²) in [5.41, 5.74) is 2.15. The lowest BCUT2D eigenvalue weighted by Gasteiger charge is -2.14. The highest BCUT2D eigenvalue weighted by molar-refractivity contribution is 6.30. The van der Waals surface area contributed by atoms with Crippen LogP contribution >= 0.6 is 11.6 Å². The SMILES string of the molecule is Cc1ccc(OC[C@@H]2CN(CCNc3ccc(Cl)cc3)C(=O)O2)cc1. The van der Waals surface area contributed by atoms with Crippen molar-refractivity contribution in [1.29, 1.82) is 0 Å². The second-order valence-corrected chi connectivity index (χ2v) is 6.45. The van der Waals surface area contributed by atoms with Gasteiger partial charge in [0.2, 0.25) is 0 Å². The van der Waals surface area contributed by atoms with Crippen LogP contribution in [0.15, 0.2) is 48.5 Å². The van der Waals surface area contributed by atoms with Crippen LogP contribution in [0.2, 0.25) is 5.02 Å². The number of hydrogen-bond acceptors (Lipinski definition) is 4. The Balaban J connectivity index is 1.41. The number of rotatable bonds is 7. The number of ether oxygens (including phenoxy) is 2. The van der Waals surface area contributed by atoms with E-state index in [0.717, 1.165) is 11.4 Å². The van der Waals surface area contributed by atoms with Crippen molar-refractivity contribution < 1.29 is 14.3 Å². The normalized spacial score (nSPS) is 16.6. The Morgan fingerprint density at radius 2 is 1.92 bits per heavy atom. The molecule has 0 aliphatic carbocycles. The van der Waals surface area contributed by atoms with Crippen LogP contribution in [0.1, 0.15) is 5.56 Å². The number of benzene rings is 2. The molecule has 1 aliphatic rings. The minimum atomic E-state index is -0.296. The van der Waals surface area contributed by atoms with Crippen molar-refractivity contribution in [2.24, 2.45) is 0 Å². The van der Waals surface area contributed by atoms with Crippen molar-refractivity contribution in [2.45, 2.75) is 13.0 Å². The van der Waals surface area contributed by atoms with E-state index in [1.807, 2.05) is 55.5 Å². The first kappa shape index (κ1) is 17.4. The van der Waals surface area contributed by atoms with Crippen molar-refractivity contribution in [2.75, 3.05) is 31.6 Å². The summed E-state index contributed by atoms with van der Waals surface area (Å²) in [6.45, 7) is 4.13. The van der Waals surface area contributed by atoms with Gasteiger partial charge in [-0.25, -0.2) is 4.79 Å². The number of carbonyl (C=O) groups is 1. The molecule has 5 nitrogen and oxygen atoms in total. The van der Waals surface area contributed by atoms with Gasteiger partial charge in [-0.1, -0.05) is 29.3 Å². The summed E-state index contributed by atoms with van der Waals surface area (Å²) in [6.07, 6.45) is -0.542. The van der Waals surface area contributed by atoms with Crippen molar-refractivity contribution in [3.05, 3.63) is 59.1 Å². The molecule has 0 saturated carbocycles. The number of nitrogens with zero attached hydrogens (tertiary/aromatic N) is 1. The van der Waals surface area contributed by atoms with E-state index >= 15 is 0 Å². The van der Waals surface area contributed by atoms with Gasteiger partial charge in [0.15, 0.2) is 6.10 Å². The number of aryl methyl sites for hydroxylation is 1. The van der Waals surface area contributed by atoms with Crippen LogP contribution in [-0.4, -0.2) is 43.3 Å². The lowest BCUT2D eigenvalue weighted by molar-refractivity contribution is 0.103. The third-order valence-corrected chi connectivity index (χ3v) is 4.21. The maximum absolute atomic E-state index is 11.9. The smallest absolute Gasteiger partial charge is 0.410 e. The summed E-state index contributed by atoms with van der Waals surface area (Å²) in [4.78, 5) is 13.6. The van der Waals surface area contributed by atoms with Gasteiger partial charge in [0.25, 0.3) is 0 Å². The van der Waals surface area contributed by atoms with Crippen LogP contribution in [0.5, 0.6) is 5.75 Å². The van der Waals surface area contributed by atoms with E-state index in [-0.39, 0.29) is 12.2 Å². The number of nitrogens with one attached hydrogen (secondary N) is 1. The van der Waals surface area contributed by atoms with Crippen molar-refractivity contribution in [1.82, 2.24) is 4.90 Å². The Labute approximate surface area is 152 Å². The first-order valence-electron chi connectivity index (χ1n) is 8.24. The van der Waals surface area contributed by atoms with Gasteiger partial charge in [0, 0.05) is 23.8 Å². The highest BCUT2D eigenvalue weighted by Crippen LogP contribution is 2.16. The summed E-state index contributed by atoms with van der Waals surface area (Å²) in [7, 11) is 0. The van der Waals surface area contributed by atoms with Crippen molar-refractivity contribution in [3.8, 4) is 5.75 Å². The molecule has 1 aliphatic heterocycles. The fraction of sp³-hybridized carbons (Fsp3) is 0.316. The Bertz CT molecular complexity index is 704. The highest BCUT2D eigenvalue weighted by atomic mass is 35.5. The topological polar surface area (TPSA) is 50.8 Å². The summed E-state index contributed by atoms with van der Waals surface area (Å²) >= 11 is 5.86. The molecule has 1 saturated heterocycles. The van der Waals surface area contributed by atoms with Gasteiger partial charge in [-0.2, -0.15) is 0 Å². The second-order valence-electron chi connectivity index (χ2n) is 6.01. The quantitative estimate of drug-likeness (QED) is 0.812. The van der Waals surface area contributed by atoms with E-state index in [1.54, 1.807) is 4.90 Å². The summed E-state index contributed by atoms with van der Waals surface area (Å²) in [5, 5.41) is 3.96. The molecule has 1 N–H and O–H groups in total. The van der Waals surface area contributed by atoms with Crippen LogP contribution in [0.4, 0.5) is 10.5 Å². The molecule has 0 bridgehead atoms. The number of halogens is 1. The summed E-state index contributed by atoms with van der Waals surface area (Å²) in [6, 6.07) is 15.3. The molecule has 0 spiro atoms. The van der Waals surface area contributed by atoms with E-state index in [2.05, 4.69) is 5.32 Å². The van der Waals surface area contributed by atoms with Crippen molar-refractivity contribution in [3.63, 3.8) is 0 Å². The number of cyclic esters (lactones) is 1.